The summed E-state index contributed by atoms with van der Waals surface area (Å²) in [5, 5.41) is 11.8. The van der Waals surface area contributed by atoms with Crippen LogP contribution in [0.2, 0.25) is 0 Å². The molecule has 0 aromatic heterocycles. The lowest BCUT2D eigenvalue weighted by Gasteiger charge is -2.54. The summed E-state index contributed by atoms with van der Waals surface area (Å²) in [7, 11) is 1.38. The van der Waals surface area contributed by atoms with Gasteiger partial charge in [-0.15, -0.1) is 23.2 Å². The Morgan fingerprint density at radius 2 is 1.29 bits per heavy atom. The summed E-state index contributed by atoms with van der Waals surface area (Å²) in [5.41, 5.74) is 2.10. The number of imide groups is 1. The van der Waals surface area contributed by atoms with Gasteiger partial charge >= 0.3 is 0 Å². The summed E-state index contributed by atoms with van der Waals surface area (Å²) in [6.07, 6.45) is 0. The third-order valence-electron chi connectivity index (χ3n) is 7.21. The van der Waals surface area contributed by atoms with Crippen molar-refractivity contribution in [1.29, 1.82) is 0 Å². The molecule has 3 aromatic rings. The molecule has 4 aliphatic rings. The van der Waals surface area contributed by atoms with Crippen molar-refractivity contribution >= 4 is 46.4 Å². The monoisotopic (exact) mass is 494 g/mol. The molecule has 2 atom stereocenters. The summed E-state index contributed by atoms with van der Waals surface area (Å²) >= 11 is 14.7. The molecule has 0 N–H and O–H groups in total. The zero-order chi connectivity index (χ0) is 24.0. The van der Waals surface area contributed by atoms with Crippen LogP contribution < -0.4 is 9.64 Å². The second-order valence-corrected chi connectivity index (χ2v) is 9.79. The Bertz CT molecular complexity index is 1320. The maximum atomic E-state index is 13.9. The lowest BCUT2D eigenvalue weighted by atomic mass is 9.54. The lowest BCUT2D eigenvalue weighted by Crippen LogP contribution is -2.57. The Balaban J connectivity index is 1.63. The number of halogens is 2. The van der Waals surface area contributed by atoms with Gasteiger partial charge in [0, 0.05) is 0 Å². The first-order valence-electron chi connectivity index (χ1n) is 10.5. The smallest absolute Gasteiger partial charge is 0.297 e. The largest absolute Gasteiger partial charge is 0.496 e. The van der Waals surface area contributed by atoms with Crippen LogP contribution in [0.1, 0.15) is 22.3 Å². The Hall–Kier alpha value is -3.42. The molecule has 0 unspecified atom stereocenters. The Kier molecular flexibility index (Phi) is 4.23. The van der Waals surface area contributed by atoms with Crippen molar-refractivity contribution in [2.24, 2.45) is 11.8 Å². The zero-order valence-electron chi connectivity index (χ0n) is 17.7. The quantitative estimate of drug-likeness (QED) is 0.228. The van der Waals surface area contributed by atoms with Crippen LogP contribution in [0.3, 0.4) is 0 Å². The number of nitro groups is 1. The van der Waals surface area contributed by atoms with Crippen molar-refractivity contribution in [3.63, 3.8) is 0 Å². The molecule has 3 aliphatic carbocycles. The van der Waals surface area contributed by atoms with Gasteiger partial charge in [-0.1, -0.05) is 48.5 Å². The molecule has 1 saturated heterocycles. The number of ether oxygens (including phenoxy) is 1. The number of benzene rings is 3. The number of rotatable bonds is 3. The molecular formula is C25H16Cl2N2O5. The highest BCUT2D eigenvalue weighted by Crippen LogP contribution is 2.69. The maximum absolute atomic E-state index is 13.9. The van der Waals surface area contributed by atoms with E-state index in [1.807, 2.05) is 48.5 Å². The minimum atomic E-state index is -1.35. The highest BCUT2D eigenvalue weighted by Gasteiger charge is 2.73. The molecule has 170 valence electrons. The predicted octanol–water partition coefficient (Wildman–Crippen LogP) is 4.70. The molecule has 7 rings (SSSR count). The summed E-state index contributed by atoms with van der Waals surface area (Å²) < 4.78 is 5.10. The summed E-state index contributed by atoms with van der Waals surface area (Å²) in [6, 6.07) is 18.5. The molecule has 2 bridgehead atoms. The van der Waals surface area contributed by atoms with E-state index in [0.29, 0.717) is 22.3 Å². The number of carbonyl (C=O) groups excluding carboxylic acids is 2. The number of amides is 2. The van der Waals surface area contributed by atoms with Gasteiger partial charge in [-0.25, -0.2) is 4.90 Å². The van der Waals surface area contributed by atoms with E-state index >= 15 is 0 Å². The van der Waals surface area contributed by atoms with Crippen LogP contribution in [0.25, 0.3) is 0 Å². The second kappa shape index (κ2) is 6.81. The van der Waals surface area contributed by atoms with Gasteiger partial charge in [0.1, 0.15) is 21.2 Å². The highest BCUT2D eigenvalue weighted by atomic mass is 35.5. The second-order valence-electron chi connectivity index (χ2n) is 8.59. The molecule has 0 spiro atoms. The van der Waals surface area contributed by atoms with Crippen molar-refractivity contribution in [2.75, 3.05) is 12.0 Å². The molecule has 7 nitrogen and oxygen atoms in total. The number of hydrogen-bond acceptors (Lipinski definition) is 5. The van der Waals surface area contributed by atoms with Gasteiger partial charge in [-0.05, 0) is 34.4 Å². The number of methoxy groups -OCH3 is 1. The van der Waals surface area contributed by atoms with Crippen LogP contribution in [0, 0.1) is 22.0 Å². The molecule has 3 aromatic carbocycles. The normalized spacial score (nSPS) is 28.4. The summed E-state index contributed by atoms with van der Waals surface area (Å²) in [5.74, 6) is -3.08. The SMILES string of the molecule is COc1ccc(N2C(=O)[C@@H]3[C@H](C2=O)C2(Cl)c4ccccc4C3(Cl)c3ccccc32)c([N+](=O)[O-])c1. The number of carbonyl (C=O) groups is 2. The topological polar surface area (TPSA) is 89.8 Å². The maximum Gasteiger partial charge on any atom is 0.297 e. The minimum absolute atomic E-state index is 0.136. The van der Waals surface area contributed by atoms with Crippen LogP contribution in [0.5, 0.6) is 5.75 Å². The molecule has 34 heavy (non-hydrogen) atoms. The van der Waals surface area contributed by atoms with Crippen LogP contribution in [0.15, 0.2) is 66.7 Å². The van der Waals surface area contributed by atoms with Crippen LogP contribution >= 0.6 is 23.2 Å². The number of alkyl halides is 2. The van der Waals surface area contributed by atoms with E-state index in [2.05, 4.69) is 0 Å². The van der Waals surface area contributed by atoms with Crippen LogP contribution in [-0.4, -0.2) is 23.8 Å². The van der Waals surface area contributed by atoms with Gasteiger partial charge in [0.2, 0.25) is 11.8 Å². The Morgan fingerprint density at radius 1 is 0.853 bits per heavy atom. The third-order valence-corrected chi connectivity index (χ3v) is 8.49. The van der Waals surface area contributed by atoms with Crippen LogP contribution in [0.4, 0.5) is 11.4 Å². The number of nitro benzene ring substituents is 1. The van der Waals surface area contributed by atoms with Gasteiger partial charge in [0.25, 0.3) is 5.69 Å². The fraction of sp³-hybridized carbons (Fsp3) is 0.200. The molecule has 2 amide bonds. The first-order chi connectivity index (χ1) is 16.3. The number of hydrogen-bond donors (Lipinski definition) is 0. The van der Waals surface area contributed by atoms with E-state index in [4.69, 9.17) is 27.9 Å². The van der Waals surface area contributed by atoms with E-state index in [1.165, 1.54) is 25.3 Å². The summed E-state index contributed by atoms with van der Waals surface area (Å²) in [4.78, 5) is 37.3. The fourth-order valence-electron chi connectivity index (χ4n) is 5.87. The van der Waals surface area contributed by atoms with E-state index in [0.717, 1.165) is 4.90 Å². The van der Waals surface area contributed by atoms with Crippen LogP contribution in [-0.2, 0) is 19.3 Å². The molecule has 1 fully saturated rings. The Morgan fingerprint density at radius 3 is 1.68 bits per heavy atom. The first kappa shape index (κ1) is 21.1. The highest BCUT2D eigenvalue weighted by molar-refractivity contribution is 6.38. The number of anilines is 1. The molecular weight excluding hydrogens is 479 g/mol. The molecule has 0 radical (unpaired) electrons. The zero-order valence-corrected chi connectivity index (χ0v) is 19.2. The number of nitrogens with zero attached hydrogens (tertiary/aromatic N) is 2. The Labute approximate surface area is 204 Å². The van der Waals surface area contributed by atoms with Gasteiger partial charge in [0.15, 0.2) is 0 Å². The van der Waals surface area contributed by atoms with E-state index in [9.17, 15) is 19.7 Å². The van der Waals surface area contributed by atoms with E-state index in [-0.39, 0.29) is 11.4 Å². The average Bonchev–Trinajstić information content (AvgIpc) is 3.13. The summed E-state index contributed by atoms with van der Waals surface area (Å²) in [6.45, 7) is 0. The van der Waals surface area contributed by atoms with Gasteiger partial charge in [-0.2, -0.15) is 0 Å². The third kappa shape index (κ3) is 2.28. The standard InChI is InChI=1S/C25H16Cl2N2O5/c1-34-13-10-11-18(19(12-13)29(32)33)28-22(30)20-21(23(28)31)25(27)15-7-3-2-6-14(15)24(20,26)16-8-4-5-9-17(16)25/h2-12,20-21H,1H3/t20-,21+,24?,25?. The van der Waals surface area contributed by atoms with Gasteiger partial charge in [0.05, 0.1) is 29.9 Å². The molecule has 1 heterocycles. The van der Waals surface area contributed by atoms with Gasteiger partial charge in [-0.3, -0.25) is 19.7 Å². The van der Waals surface area contributed by atoms with Crippen molar-refractivity contribution in [1.82, 2.24) is 0 Å². The molecule has 0 saturated carbocycles. The van der Waals surface area contributed by atoms with E-state index in [1.54, 1.807) is 0 Å². The predicted molar refractivity (Wildman–Crippen MR) is 125 cm³/mol. The molecule has 9 heteroatoms. The lowest BCUT2D eigenvalue weighted by molar-refractivity contribution is -0.384. The fourth-order valence-corrected chi connectivity index (χ4v) is 6.97. The van der Waals surface area contributed by atoms with Gasteiger partial charge < -0.3 is 4.74 Å². The van der Waals surface area contributed by atoms with Crippen molar-refractivity contribution in [3.05, 3.63) is 99.1 Å². The van der Waals surface area contributed by atoms with Crippen molar-refractivity contribution in [3.8, 4) is 5.75 Å². The average molecular weight is 495 g/mol. The minimum Gasteiger partial charge on any atom is -0.496 e. The molecule has 1 aliphatic heterocycles. The van der Waals surface area contributed by atoms with E-state index < -0.39 is 44.0 Å². The first-order valence-corrected chi connectivity index (χ1v) is 11.3. The van der Waals surface area contributed by atoms with Crippen molar-refractivity contribution in [2.45, 2.75) is 9.75 Å². The van der Waals surface area contributed by atoms with Crippen molar-refractivity contribution < 1.29 is 19.2 Å².